The van der Waals surface area contributed by atoms with Crippen LogP contribution in [0.25, 0.3) is 22.3 Å². The van der Waals surface area contributed by atoms with E-state index in [-0.39, 0.29) is 5.91 Å². The first-order chi connectivity index (χ1) is 11.8. The van der Waals surface area contributed by atoms with Crippen molar-refractivity contribution in [3.63, 3.8) is 0 Å². The second kappa shape index (κ2) is 6.39. The lowest BCUT2D eigenvalue weighted by molar-refractivity contribution is -0.121. The number of nitrogens with one attached hydrogen (secondary N) is 2. The van der Waals surface area contributed by atoms with Crippen LogP contribution < -0.4 is 5.32 Å². The second-order valence-electron chi connectivity index (χ2n) is 6.12. The van der Waals surface area contributed by atoms with Crippen LogP contribution in [0, 0.1) is 0 Å². The molecule has 0 saturated carbocycles. The van der Waals surface area contributed by atoms with Gasteiger partial charge in [0.05, 0.1) is 11.2 Å². The Morgan fingerprint density at radius 3 is 2.96 bits per heavy atom. The zero-order valence-corrected chi connectivity index (χ0v) is 13.4. The van der Waals surface area contributed by atoms with Crippen molar-refractivity contribution < 1.29 is 4.79 Å². The van der Waals surface area contributed by atoms with Crippen LogP contribution in [0.5, 0.6) is 0 Å². The van der Waals surface area contributed by atoms with Gasteiger partial charge in [-0.1, -0.05) is 6.07 Å². The second-order valence-corrected chi connectivity index (χ2v) is 6.12. The van der Waals surface area contributed by atoms with Gasteiger partial charge in [-0.15, -0.1) is 0 Å². The van der Waals surface area contributed by atoms with Crippen molar-refractivity contribution in [2.45, 2.75) is 32.1 Å². The van der Waals surface area contributed by atoms with Crippen LogP contribution in [0.1, 0.15) is 30.7 Å². The van der Waals surface area contributed by atoms with Crippen molar-refractivity contribution in [2.75, 3.05) is 6.54 Å². The van der Waals surface area contributed by atoms with Crippen molar-refractivity contribution in [1.29, 1.82) is 0 Å². The van der Waals surface area contributed by atoms with Crippen molar-refractivity contribution in [3.8, 4) is 11.4 Å². The largest absolute Gasteiger partial charge is 0.356 e. The molecule has 6 nitrogen and oxygen atoms in total. The minimum absolute atomic E-state index is 0.0570. The Morgan fingerprint density at radius 2 is 2.00 bits per heavy atom. The Bertz CT molecular complexity index is 886. The van der Waals surface area contributed by atoms with E-state index in [4.69, 9.17) is 0 Å². The molecule has 2 aromatic heterocycles. The van der Waals surface area contributed by atoms with Gasteiger partial charge in [0.15, 0.2) is 0 Å². The van der Waals surface area contributed by atoms with Gasteiger partial charge in [-0.2, -0.15) is 5.10 Å². The van der Waals surface area contributed by atoms with E-state index in [1.807, 2.05) is 6.07 Å². The summed E-state index contributed by atoms with van der Waals surface area (Å²) in [5.41, 5.74) is 3.92. The van der Waals surface area contributed by atoms with E-state index in [1.54, 1.807) is 6.20 Å². The van der Waals surface area contributed by atoms with Crippen LogP contribution in [0.4, 0.5) is 0 Å². The first-order valence-electron chi connectivity index (χ1n) is 8.35. The Hall–Kier alpha value is -2.76. The number of carbonyl (C=O) groups excluding carboxylic acids is 1. The van der Waals surface area contributed by atoms with E-state index in [2.05, 4.69) is 43.7 Å². The Kier molecular flexibility index (Phi) is 3.94. The predicted molar refractivity (Wildman–Crippen MR) is 91.4 cm³/mol. The fourth-order valence-corrected chi connectivity index (χ4v) is 3.06. The number of hydrogen-bond donors (Lipinski definition) is 2. The van der Waals surface area contributed by atoms with Crippen LogP contribution >= 0.6 is 0 Å². The lowest BCUT2D eigenvalue weighted by Gasteiger charge is -2.05. The third-order valence-electron chi connectivity index (χ3n) is 4.37. The molecule has 1 amide bonds. The molecule has 0 atom stereocenters. The molecular formula is C18H19N5O. The van der Waals surface area contributed by atoms with Crippen LogP contribution in [-0.2, 0) is 17.6 Å². The quantitative estimate of drug-likeness (QED) is 0.666. The molecular weight excluding hydrogens is 302 g/mol. The number of aromatic nitrogens is 4. The number of hydrogen-bond acceptors (Lipinski definition) is 4. The smallest absolute Gasteiger partial charge is 0.220 e. The molecule has 1 aliphatic heterocycles. The van der Waals surface area contributed by atoms with Crippen LogP contribution in [0.3, 0.4) is 0 Å². The Labute approximate surface area is 139 Å². The molecule has 1 aromatic carbocycles. The molecule has 0 radical (unpaired) electrons. The number of aromatic amines is 1. The molecule has 4 bridgehead atoms. The summed E-state index contributed by atoms with van der Waals surface area (Å²) in [7, 11) is 0. The number of benzene rings is 1. The summed E-state index contributed by atoms with van der Waals surface area (Å²) in [5.74, 6) is 0.728. The lowest BCUT2D eigenvalue weighted by Crippen LogP contribution is -2.24. The molecule has 0 spiro atoms. The number of amides is 1. The number of carbonyl (C=O) groups is 1. The summed E-state index contributed by atoms with van der Waals surface area (Å²) in [6, 6.07) is 8.26. The Morgan fingerprint density at radius 1 is 1.04 bits per heavy atom. The van der Waals surface area contributed by atoms with Crippen molar-refractivity contribution in [2.24, 2.45) is 0 Å². The van der Waals surface area contributed by atoms with Gasteiger partial charge < -0.3 is 5.32 Å². The molecule has 24 heavy (non-hydrogen) atoms. The minimum Gasteiger partial charge on any atom is -0.356 e. The molecule has 1 aliphatic rings. The number of H-pyrrole nitrogens is 1. The summed E-state index contributed by atoms with van der Waals surface area (Å²) in [4.78, 5) is 20.8. The Balaban J connectivity index is 1.78. The van der Waals surface area contributed by atoms with Gasteiger partial charge in [-0.25, -0.2) is 9.97 Å². The summed E-state index contributed by atoms with van der Waals surface area (Å²) in [5, 5.41) is 11.6. The highest BCUT2D eigenvalue weighted by Gasteiger charge is 2.12. The fourth-order valence-electron chi connectivity index (χ4n) is 3.06. The number of nitrogens with zero attached hydrogens (tertiary/aromatic N) is 3. The normalized spacial score (nSPS) is 15.8. The number of fused-ring (bicyclic) bond motifs is 4. The van der Waals surface area contributed by atoms with E-state index in [0.29, 0.717) is 18.7 Å². The number of rotatable bonds is 0. The highest BCUT2D eigenvalue weighted by molar-refractivity contribution is 5.92. The minimum atomic E-state index is 0.0570. The highest BCUT2D eigenvalue weighted by atomic mass is 16.1. The third-order valence-corrected chi connectivity index (χ3v) is 4.37. The van der Waals surface area contributed by atoms with Gasteiger partial charge >= 0.3 is 0 Å². The zero-order valence-electron chi connectivity index (χ0n) is 13.4. The first-order valence-corrected chi connectivity index (χ1v) is 8.35. The molecule has 0 aliphatic carbocycles. The number of aryl methyl sites for hydroxylation is 2. The topological polar surface area (TPSA) is 83.6 Å². The molecule has 0 saturated heterocycles. The van der Waals surface area contributed by atoms with Gasteiger partial charge in [-0.3, -0.25) is 9.89 Å². The summed E-state index contributed by atoms with van der Waals surface area (Å²) in [6.45, 7) is 0.721. The predicted octanol–water partition coefficient (Wildman–Crippen LogP) is 2.41. The molecule has 4 rings (SSSR count). The fraction of sp³-hybridized carbons (Fsp3) is 0.333. The van der Waals surface area contributed by atoms with Crippen molar-refractivity contribution in [1.82, 2.24) is 25.5 Å². The molecule has 6 heteroatoms. The standard InChI is InChI=1S/C18H19N5O/c24-17-7-6-16-19-10-8-15(21-16)18-13-11-12(3-1-2-9-20-17)4-5-14(13)22-23-18/h4-5,8,10-11H,1-3,6-7,9H2,(H,20,24)(H,22,23). The molecule has 122 valence electrons. The van der Waals surface area contributed by atoms with Gasteiger partial charge in [0.2, 0.25) is 5.91 Å². The van der Waals surface area contributed by atoms with Crippen molar-refractivity contribution >= 4 is 16.8 Å². The van der Waals surface area contributed by atoms with Crippen LogP contribution in [0.15, 0.2) is 30.5 Å². The van der Waals surface area contributed by atoms with E-state index >= 15 is 0 Å². The summed E-state index contributed by atoms with van der Waals surface area (Å²) < 4.78 is 0. The summed E-state index contributed by atoms with van der Waals surface area (Å²) >= 11 is 0. The average Bonchev–Trinajstić information content (AvgIpc) is 3.02. The molecule has 3 aromatic rings. The van der Waals surface area contributed by atoms with Gasteiger partial charge in [0, 0.05) is 31.0 Å². The summed E-state index contributed by atoms with van der Waals surface area (Å²) in [6.07, 6.45) is 5.70. The maximum atomic E-state index is 11.9. The molecule has 0 fully saturated rings. The van der Waals surface area contributed by atoms with Crippen molar-refractivity contribution in [3.05, 3.63) is 41.9 Å². The average molecular weight is 321 g/mol. The zero-order chi connectivity index (χ0) is 16.4. The molecule has 2 N–H and O–H groups in total. The van der Waals surface area contributed by atoms with E-state index in [9.17, 15) is 4.79 Å². The van der Waals surface area contributed by atoms with Crippen LogP contribution in [-0.4, -0.2) is 32.6 Å². The van der Waals surface area contributed by atoms with E-state index < -0.39 is 0 Å². The van der Waals surface area contributed by atoms with Gasteiger partial charge in [0.25, 0.3) is 0 Å². The maximum Gasteiger partial charge on any atom is 0.220 e. The van der Waals surface area contributed by atoms with E-state index in [0.717, 1.165) is 48.1 Å². The highest BCUT2D eigenvalue weighted by Crippen LogP contribution is 2.26. The monoisotopic (exact) mass is 321 g/mol. The van der Waals surface area contributed by atoms with Gasteiger partial charge in [-0.05, 0) is 43.0 Å². The SMILES string of the molecule is O=C1CCc2nccc(n2)-c2n[nH]c3ccc(cc23)CCCCN1. The first kappa shape index (κ1) is 14.8. The van der Waals surface area contributed by atoms with E-state index in [1.165, 1.54) is 5.56 Å². The lowest BCUT2D eigenvalue weighted by atomic mass is 10.0. The molecule has 3 heterocycles. The third kappa shape index (κ3) is 2.99. The van der Waals surface area contributed by atoms with Crippen LogP contribution in [0.2, 0.25) is 0 Å². The van der Waals surface area contributed by atoms with Gasteiger partial charge in [0.1, 0.15) is 11.5 Å². The maximum absolute atomic E-state index is 11.9. The molecule has 0 unspecified atom stereocenters.